The molecule has 0 saturated carbocycles. The molecule has 0 aliphatic carbocycles. The molecule has 3 nitrogen and oxygen atoms in total. The van der Waals surface area contributed by atoms with Crippen LogP contribution in [0.1, 0.15) is 50.5 Å². The van der Waals surface area contributed by atoms with E-state index in [4.69, 9.17) is 0 Å². The number of fused-ring (bicyclic) bond motifs is 2. The molecule has 3 unspecified atom stereocenters. The fourth-order valence-electron chi connectivity index (χ4n) is 3.88. The van der Waals surface area contributed by atoms with Crippen molar-refractivity contribution >= 4 is 18.3 Å². The number of rotatable bonds is 4. The predicted octanol–water partition coefficient (Wildman–Crippen LogP) is 3.48. The quantitative estimate of drug-likeness (QED) is 0.910. The lowest BCUT2D eigenvalue weighted by Gasteiger charge is -2.36. The van der Waals surface area contributed by atoms with E-state index < -0.39 is 0 Å². The normalized spacial score (nSPS) is 27.2. The monoisotopic (exact) mass is 340 g/mol. The molecule has 2 saturated heterocycles. The lowest BCUT2D eigenvalue weighted by molar-refractivity contribution is -0.133. The van der Waals surface area contributed by atoms with Gasteiger partial charge in [-0.05, 0) is 49.3 Å². The number of carbonyl (C=O) groups is 1. The summed E-state index contributed by atoms with van der Waals surface area (Å²) in [4.78, 5) is 14.5. The Morgan fingerprint density at radius 3 is 2.61 bits per heavy atom. The molecular formula is C18H26ClFN2O. The number of piperidine rings is 1. The first-order chi connectivity index (χ1) is 10.5. The van der Waals surface area contributed by atoms with Crippen molar-refractivity contribution in [3.05, 3.63) is 35.6 Å². The van der Waals surface area contributed by atoms with E-state index >= 15 is 0 Å². The van der Waals surface area contributed by atoms with Crippen LogP contribution in [0.15, 0.2) is 24.3 Å². The minimum Gasteiger partial charge on any atom is -0.343 e. The largest absolute Gasteiger partial charge is 0.343 e. The summed E-state index contributed by atoms with van der Waals surface area (Å²) in [7, 11) is 1.93. The van der Waals surface area contributed by atoms with E-state index in [-0.39, 0.29) is 30.0 Å². The molecule has 2 fully saturated rings. The number of nitrogens with zero attached hydrogens (tertiary/aromatic N) is 1. The van der Waals surface area contributed by atoms with Gasteiger partial charge < -0.3 is 10.2 Å². The van der Waals surface area contributed by atoms with Crippen molar-refractivity contribution in [2.24, 2.45) is 0 Å². The SMILES string of the molecule is CC(CC(=O)N(C)C1CC2CCC(C1)N2)c1cccc(F)c1.Cl. The average molecular weight is 341 g/mol. The Bertz CT molecular complexity index is 542. The van der Waals surface area contributed by atoms with Crippen molar-refractivity contribution in [1.82, 2.24) is 10.2 Å². The van der Waals surface area contributed by atoms with E-state index in [0.717, 1.165) is 18.4 Å². The van der Waals surface area contributed by atoms with Crippen LogP contribution in [0, 0.1) is 5.82 Å². The van der Waals surface area contributed by atoms with Crippen LogP contribution in [0.4, 0.5) is 4.39 Å². The maximum Gasteiger partial charge on any atom is 0.223 e. The number of carbonyl (C=O) groups excluding carboxylic acids is 1. The molecule has 2 bridgehead atoms. The van der Waals surface area contributed by atoms with Crippen molar-refractivity contribution in [2.75, 3.05) is 7.05 Å². The van der Waals surface area contributed by atoms with Crippen LogP contribution in [-0.2, 0) is 4.79 Å². The van der Waals surface area contributed by atoms with Crippen LogP contribution in [0.5, 0.6) is 0 Å². The summed E-state index contributed by atoms with van der Waals surface area (Å²) < 4.78 is 13.3. The topological polar surface area (TPSA) is 32.3 Å². The van der Waals surface area contributed by atoms with Crippen molar-refractivity contribution in [3.63, 3.8) is 0 Å². The average Bonchev–Trinajstić information content (AvgIpc) is 2.84. The second-order valence-corrected chi connectivity index (χ2v) is 6.93. The fourth-order valence-corrected chi connectivity index (χ4v) is 3.88. The van der Waals surface area contributed by atoms with Crippen LogP contribution >= 0.6 is 12.4 Å². The van der Waals surface area contributed by atoms with Gasteiger partial charge >= 0.3 is 0 Å². The molecule has 3 atom stereocenters. The molecule has 3 rings (SSSR count). The second kappa shape index (κ2) is 7.63. The third kappa shape index (κ3) is 4.24. The highest BCUT2D eigenvalue weighted by Crippen LogP contribution is 2.30. The van der Waals surface area contributed by atoms with Gasteiger partial charge in [-0.2, -0.15) is 0 Å². The van der Waals surface area contributed by atoms with Gasteiger partial charge in [-0.1, -0.05) is 19.1 Å². The maximum atomic E-state index is 13.3. The second-order valence-electron chi connectivity index (χ2n) is 6.93. The van der Waals surface area contributed by atoms with Crippen LogP contribution in [0.3, 0.4) is 0 Å². The summed E-state index contributed by atoms with van der Waals surface area (Å²) in [6.45, 7) is 1.99. The van der Waals surface area contributed by atoms with Crippen molar-refractivity contribution in [2.45, 2.75) is 63.1 Å². The molecule has 1 aromatic rings. The van der Waals surface area contributed by atoms with Gasteiger partial charge in [0, 0.05) is 31.6 Å². The van der Waals surface area contributed by atoms with Crippen molar-refractivity contribution in [1.29, 1.82) is 0 Å². The van der Waals surface area contributed by atoms with Gasteiger partial charge in [0.1, 0.15) is 5.82 Å². The minimum atomic E-state index is -0.236. The van der Waals surface area contributed by atoms with Crippen LogP contribution in [0.25, 0.3) is 0 Å². The first-order valence-electron chi connectivity index (χ1n) is 8.30. The van der Waals surface area contributed by atoms with Gasteiger partial charge in [-0.15, -0.1) is 12.4 Å². The molecule has 2 heterocycles. The van der Waals surface area contributed by atoms with Gasteiger partial charge in [0.25, 0.3) is 0 Å². The molecular weight excluding hydrogens is 315 g/mol. The molecule has 1 amide bonds. The smallest absolute Gasteiger partial charge is 0.223 e. The zero-order valence-electron chi connectivity index (χ0n) is 13.8. The maximum absolute atomic E-state index is 13.3. The molecule has 0 aromatic heterocycles. The summed E-state index contributed by atoms with van der Waals surface area (Å²) in [6.07, 6.45) is 5.05. The fraction of sp³-hybridized carbons (Fsp3) is 0.611. The number of hydrogen-bond donors (Lipinski definition) is 1. The van der Waals surface area contributed by atoms with E-state index in [1.807, 2.05) is 24.9 Å². The standard InChI is InChI=1S/C18H25FN2O.ClH/c1-12(13-4-3-5-14(19)9-13)8-18(22)21(2)17-10-15-6-7-16(11-17)20-15;/h3-5,9,12,15-17,20H,6-8,10-11H2,1-2H3;1H. The highest BCUT2D eigenvalue weighted by atomic mass is 35.5. The van der Waals surface area contributed by atoms with Crippen LogP contribution < -0.4 is 5.32 Å². The lowest BCUT2D eigenvalue weighted by atomic mass is 9.95. The van der Waals surface area contributed by atoms with Gasteiger partial charge in [-0.3, -0.25) is 4.79 Å². The van der Waals surface area contributed by atoms with Crippen LogP contribution in [-0.4, -0.2) is 36.0 Å². The highest BCUT2D eigenvalue weighted by Gasteiger charge is 2.36. The van der Waals surface area contributed by atoms with E-state index in [9.17, 15) is 9.18 Å². The summed E-state index contributed by atoms with van der Waals surface area (Å²) in [5.41, 5.74) is 0.895. The third-order valence-electron chi connectivity index (χ3n) is 5.29. The van der Waals surface area contributed by atoms with E-state index in [1.54, 1.807) is 6.07 Å². The third-order valence-corrected chi connectivity index (χ3v) is 5.29. The Balaban J connectivity index is 0.00000192. The molecule has 23 heavy (non-hydrogen) atoms. The summed E-state index contributed by atoms with van der Waals surface area (Å²) in [6, 6.07) is 8.09. The molecule has 128 valence electrons. The van der Waals surface area contributed by atoms with Crippen molar-refractivity contribution in [3.8, 4) is 0 Å². The first-order valence-corrected chi connectivity index (χ1v) is 8.30. The molecule has 2 aliphatic heterocycles. The summed E-state index contributed by atoms with van der Waals surface area (Å²) in [5.74, 6) is -0.0211. The van der Waals surface area contributed by atoms with Gasteiger partial charge in [0.05, 0.1) is 0 Å². The summed E-state index contributed by atoms with van der Waals surface area (Å²) >= 11 is 0. The predicted molar refractivity (Wildman–Crippen MR) is 92.4 cm³/mol. The number of hydrogen-bond acceptors (Lipinski definition) is 2. The number of benzene rings is 1. The number of halogens is 2. The Hall–Kier alpha value is -1.13. The van der Waals surface area contributed by atoms with E-state index in [2.05, 4.69) is 5.32 Å². The molecule has 2 aliphatic rings. The van der Waals surface area contributed by atoms with Crippen LogP contribution in [0.2, 0.25) is 0 Å². The minimum absolute atomic E-state index is 0. The number of nitrogens with one attached hydrogen (secondary N) is 1. The zero-order chi connectivity index (χ0) is 15.7. The molecule has 5 heteroatoms. The van der Waals surface area contributed by atoms with Gasteiger partial charge in [0.15, 0.2) is 0 Å². The lowest BCUT2D eigenvalue weighted by Crippen LogP contribution is -2.48. The Labute approximate surface area is 144 Å². The molecule has 0 spiro atoms. The van der Waals surface area contributed by atoms with E-state index in [1.165, 1.54) is 25.0 Å². The van der Waals surface area contributed by atoms with Crippen molar-refractivity contribution < 1.29 is 9.18 Å². The summed E-state index contributed by atoms with van der Waals surface area (Å²) in [5, 5.41) is 3.61. The van der Waals surface area contributed by atoms with Gasteiger partial charge in [0.2, 0.25) is 5.91 Å². The Morgan fingerprint density at radius 1 is 1.35 bits per heavy atom. The number of amides is 1. The zero-order valence-corrected chi connectivity index (χ0v) is 14.6. The molecule has 1 aromatic carbocycles. The molecule has 0 radical (unpaired) electrons. The Kier molecular flexibility index (Phi) is 6.04. The molecule has 1 N–H and O–H groups in total. The highest BCUT2D eigenvalue weighted by molar-refractivity contribution is 5.85. The van der Waals surface area contributed by atoms with E-state index in [0.29, 0.717) is 24.5 Å². The Morgan fingerprint density at radius 2 is 2.00 bits per heavy atom. The first kappa shape index (κ1) is 18.2. The van der Waals surface area contributed by atoms with Gasteiger partial charge in [-0.25, -0.2) is 4.39 Å².